The third kappa shape index (κ3) is 4.76. The maximum atomic E-state index is 13.2. The van der Waals surface area contributed by atoms with Crippen LogP contribution in [0.1, 0.15) is 78.2 Å². The monoisotopic (exact) mass is 454 g/mol. The number of sulfonamides is 1. The third-order valence-corrected chi connectivity index (χ3v) is 8.95. The van der Waals surface area contributed by atoms with Crippen molar-refractivity contribution in [3.63, 3.8) is 0 Å². The molecule has 32 heavy (non-hydrogen) atoms. The molecular weight excluding hydrogens is 420 g/mol. The van der Waals surface area contributed by atoms with Gasteiger partial charge in [0.25, 0.3) is 5.91 Å². The van der Waals surface area contributed by atoms with Crippen molar-refractivity contribution in [1.29, 1.82) is 0 Å². The molecule has 4 rings (SSSR count). The fourth-order valence-electron chi connectivity index (χ4n) is 4.76. The van der Waals surface area contributed by atoms with Crippen LogP contribution in [-0.2, 0) is 22.9 Å². The second-order valence-electron chi connectivity index (χ2n) is 9.49. The molecule has 1 heterocycles. The molecule has 0 saturated carbocycles. The zero-order valence-electron chi connectivity index (χ0n) is 19.4. The number of carbonyl (C=O) groups excluding carboxylic acids is 1. The molecule has 1 amide bonds. The van der Waals surface area contributed by atoms with Gasteiger partial charge < -0.3 is 5.32 Å². The topological polar surface area (TPSA) is 66.5 Å². The van der Waals surface area contributed by atoms with Gasteiger partial charge in [-0.05, 0) is 92.7 Å². The number of piperidine rings is 1. The van der Waals surface area contributed by atoms with E-state index in [1.807, 2.05) is 13.8 Å². The van der Waals surface area contributed by atoms with Gasteiger partial charge in [-0.3, -0.25) is 4.79 Å². The predicted octanol–water partition coefficient (Wildman–Crippen LogP) is 4.79. The van der Waals surface area contributed by atoms with Crippen LogP contribution in [0.4, 0.5) is 0 Å². The molecule has 172 valence electrons. The lowest BCUT2D eigenvalue weighted by Gasteiger charge is -2.29. The van der Waals surface area contributed by atoms with Crippen molar-refractivity contribution in [3.8, 4) is 0 Å². The number of hydrogen-bond acceptors (Lipinski definition) is 3. The van der Waals surface area contributed by atoms with E-state index in [0.717, 1.165) is 36.8 Å². The lowest BCUT2D eigenvalue weighted by atomic mass is 9.89. The highest BCUT2D eigenvalue weighted by Crippen LogP contribution is 2.27. The molecule has 1 unspecified atom stereocenters. The first-order valence-corrected chi connectivity index (χ1v) is 13.2. The summed E-state index contributed by atoms with van der Waals surface area (Å²) in [7, 11) is -3.60. The zero-order valence-corrected chi connectivity index (χ0v) is 20.2. The second kappa shape index (κ2) is 9.36. The van der Waals surface area contributed by atoms with Gasteiger partial charge in [-0.25, -0.2) is 8.42 Å². The van der Waals surface area contributed by atoms with Crippen molar-refractivity contribution >= 4 is 15.9 Å². The number of fused-ring (bicyclic) bond motifs is 1. The molecule has 1 atom stereocenters. The molecule has 5 nitrogen and oxygen atoms in total. The second-order valence-corrected chi connectivity index (χ2v) is 11.4. The zero-order chi connectivity index (χ0) is 22.9. The molecule has 1 aliphatic heterocycles. The van der Waals surface area contributed by atoms with Gasteiger partial charge in [0.05, 0.1) is 10.9 Å². The van der Waals surface area contributed by atoms with E-state index in [2.05, 4.69) is 30.4 Å². The summed E-state index contributed by atoms with van der Waals surface area (Å²) >= 11 is 0. The first kappa shape index (κ1) is 23.0. The predicted molar refractivity (Wildman–Crippen MR) is 127 cm³/mol. The van der Waals surface area contributed by atoms with Gasteiger partial charge in [-0.1, -0.05) is 31.2 Å². The lowest BCUT2D eigenvalue weighted by molar-refractivity contribution is 0.0939. The fraction of sp³-hybridized carbons (Fsp3) is 0.500. The summed E-state index contributed by atoms with van der Waals surface area (Å²) in [6.45, 7) is 7.05. The summed E-state index contributed by atoms with van der Waals surface area (Å²) in [6.07, 6.45) is 6.43. The first-order chi connectivity index (χ1) is 15.3. The molecule has 2 aliphatic rings. The Labute approximate surface area is 192 Å². The minimum atomic E-state index is -3.60. The Bertz CT molecular complexity index is 1100. The standard InChI is InChI=1S/C26H34N2O3S/c1-18-12-14-28(15-13-18)32(30,31)24-11-8-19(2)25(17-24)26(29)27-20(3)22-10-9-21-6-4-5-7-23(21)16-22/h8-11,16-18,20H,4-7,12-15H2,1-3H3,(H,27,29). The van der Waals surface area contributed by atoms with Crippen molar-refractivity contribution in [2.75, 3.05) is 13.1 Å². The molecule has 2 aromatic rings. The normalized spacial score (nSPS) is 18.7. The van der Waals surface area contributed by atoms with E-state index < -0.39 is 10.0 Å². The number of carbonyl (C=O) groups is 1. The van der Waals surface area contributed by atoms with Crippen LogP contribution in [0.2, 0.25) is 0 Å². The number of nitrogens with one attached hydrogen (secondary N) is 1. The smallest absolute Gasteiger partial charge is 0.252 e. The van der Waals surface area contributed by atoms with Crippen LogP contribution in [0.25, 0.3) is 0 Å². The average molecular weight is 455 g/mol. The highest BCUT2D eigenvalue weighted by Gasteiger charge is 2.29. The first-order valence-electron chi connectivity index (χ1n) is 11.8. The summed E-state index contributed by atoms with van der Waals surface area (Å²) in [5.74, 6) is 0.308. The van der Waals surface area contributed by atoms with E-state index in [0.29, 0.717) is 24.6 Å². The molecule has 1 N–H and O–H groups in total. The maximum absolute atomic E-state index is 13.2. The highest BCUT2D eigenvalue weighted by molar-refractivity contribution is 7.89. The number of benzene rings is 2. The van der Waals surface area contributed by atoms with Crippen LogP contribution in [0.3, 0.4) is 0 Å². The summed E-state index contributed by atoms with van der Waals surface area (Å²) in [6, 6.07) is 11.2. The number of aryl methyl sites for hydroxylation is 3. The molecular formula is C26H34N2O3S. The van der Waals surface area contributed by atoms with E-state index in [1.165, 1.54) is 30.0 Å². The van der Waals surface area contributed by atoms with Crippen molar-refractivity contribution in [1.82, 2.24) is 9.62 Å². The number of nitrogens with zero attached hydrogens (tertiary/aromatic N) is 1. The summed E-state index contributed by atoms with van der Waals surface area (Å²) in [5.41, 5.74) is 5.07. The Morgan fingerprint density at radius 2 is 1.72 bits per heavy atom. The van der Waals surface area contributed by atoms with Crippen LogP contribution in [-0.4, -0.2) is 31.7 Å². The van der Waals surface area contributed by atoms with Crippen molar-refractivity contribution in [2.24, 2.45) is 5.92 Å². The van der Waals surface area contributed by atoms with Gasteiger partial charge in [0.1, 0.15) is 0 Å². The minimum absolute atomic E-state index is 0.155. The molecule has 0 spiro atoms. The van der Waals surface area contributed by atoms with E-state index in [1.54, 1.807) is 16.4 Å². The van der Waals surface area contributed by atoms with Crippen LogP contribution in [0.5, 0.6) is 0 Å². The molecule has 6 heteroatoms. The fourth-order valence-corrected chi connectivity index (χ4v) is 6.26. The number of hydrogen-bond donors (Lipinski definition) is 1. The Kier molecular flexibility index (Phi) is 6.72. The van der Waals surface area contributed by atoms with Crippen LogP contribution in [0, 0.1) is 12.8 Å². The van der Waals surface area contributed by atoms with Gasteiger partial charge in [0.2, 0.25) is 10.0 Å². The molecule has 2 aromatic carbocycles. The van der Waals surface area contributed by atoms with E-state index in [4.69, 9.17) is 0 Å². The molecule has 0 bridgehead atoms. The van der Waals surface area contributed by atoms with Gasteiger partial charge in [0.15, 0.2) is 0 Å². The third-order valence-electron chi connectivity index (χ3n) is 7.05. The van der Waals surface area contributed by atoms with E-state index in [9.17, 15) is 13.2 Å². The van der Waals surface area contributed by atoms with E-state index in [-0.39, 0.29) is 16.8 Å². The minimum Gasteiger partial charge on any atom is -0.346 e. The van der Waals surface area contributed by atoms with Gasteiger partial charge >= 0.3 is 0 Å². The maximum Gasteiger partial charge on any atom is 0.252 e. The quantitative estimate of drug-likeness (QED) is 0.707. The largest absolute Gasteiger partial charge is 0.346 e. The highest BCUT2D eigenvalue weighted by atomic mass is 32.2. The van der Waals surface area contributed by atoms with Crippen LogP contribution < -0.4 is 5.32 Å². The van der Waals surface area contributed by atoms with Crippen LogP contribution >= 0.6 is 0 Å². The number of rotatable bonds is 5. The van der Waals surface area contributed by atoms with E-state index >= 15 is 0 Å². The lowest BCUT2D eigenvalue weighted by Crippen LogP contribution is -2.38. The Balaban J connectivity index is 1.52. The van der Waals surface area contributed by atoms with Crippen molar-refractivity contribution in [2.45, 2.75) is 70.2 Å². The molecule has 0 radical (unpaired) electrons. The molecule has 1 aliphatic carbocycles. The van der Waals surface area contributed by atoms with Crippen molar-refractivity contribution in [3.05, 3.63) is 64.2 Å². The number of amides is 1. The van der Waals surface area contributed by atoms with Gasteiger partial charge in [0, 0.05) is 18.7 Å². The molecule has 0 aromatic heterocycles. The Morgan fingerprint density at radius 1 is 1.03 bits per heavy atom. The molecule has 1 fully saturated rings. The average Bonchev–Trinajstić information content (AvgIpc) is 2.79. The summed E-state index contributed by atoms with van der Waals surface area (Å²) < 4.78 is 27.9. The van der Waals surface area contributed by atoms with Crippen molar-refractivity contribution < 1.29 is 13.2 Å². The molecule has 1 saturated heterocycles. The van der Waals surface area contributed by atoms with Crippen LogP contribution in [0.15, 0.2) is 41.3 Å². The summed E-state index contributed by atoms with van der Waals surface area (Å²) in [5, 5.41) is 3.08. The Hall–Kier alpha value is -2.18. The van der Waals surface area contributed by atoms with Gasteiger partial charge in [-0.15, -0.1) is 0 Å². The van der Waals surface area contributed by atoms with Gasteiger partial charge in [-0.2, -0.15) is 4.31 Å². The summed E-state index contributed by atoms with van der Waals surface area (Å²) in [4.78, 5) is 13.3. The Morgan fingerprint density at radius 3 is 2.44 bits per heavy atom. The SMILES string of the molecule is Cc1ccc(S(=O)(=O)N2CCC(C)CC2)cc1C(=O)NC(C)c1ccc2c(c1)CCCC2.